The number of ketones is 1. The van der Waals surface area contributed by atoms with Gasteiger partial charge >= 0.3 is 0 Å². The van der Waals surface area contributed by atoms with Crippen LogP contribution in [0, 0.1) is 11.8 Å². The Hall–Kier alpha value is -1.47. The molecule has 2 N–H and O–H groups in total. The van der Waals surface area contributed by atoms with Crippen LogP contribution in [0.15, 0.2) is 0 Å². The van der Waals surface area contributed by atoms with E-state index >= 15 is 0 Å². The van der Waals surface area contributed by atoms with Crippen LogP contribution in [0.2, 0.25) is 0 Å². The van der Waals surface area contributed by atoms with Crippen molar-refractivity contribution >= 4 is 17.6 Å². The Morgan fingerprint density at radius 1 is 0.962 bits per heavy atom. The number of nitrogens with one attached hydrogen (secondary N) is 2. The molecule has 1 rings (SSSR count). The quantitative estimate of drug-likeness (QED) is 0.537. The van der Waals surface area contributed by atoms with Crippen LogP contribution in [-0.4, -0.2) is 56.1 Å². The van der Waals surface area contributed by atoms with Gasteiger partial charge in [-0.25, -0.2) is 0 Å². The van der Waals surface area contributed by atoms with Crippen molar-refractivity contribution in [3.63, 3.8) is 0 Å². The Morgan fingerprint density at radius 2 is 1.62 bits per heavy atom. The summed E-state index contributed by atoms with van der Waals surface area (Å²) >= 11 is 0. The first-order valence-corrected chi connectivity index (χ1v) is 9.58. The van der Waals surface area contributed by atoms with Gasteiger partial charge in [0.2, 0.25) is 11.8 Å². The lowest BCUT2D eigenvalue weighted by Gasteiger charge is -2.29. The maximum Gasteiger partial charge on any atom is 0.246 e. The molecule has 1 saturated carbocycles. The average molecular weight is 370 g/mol. The largest absolute Gasteiger partial charge is 0.376 e. The van der Waals surface area contributed by atoms with Crippen molar-refractivity contribution in [2.24, 2.45) is 11.8 Å². The summed E-state index contributed by atoms with van der Waals surface area (Å²) in [5.74, 6) is -0.0166. The number of ether oxygens (including phenoxy) is 2. The molecule has 7 nitrogen and oxygen atoms in total. The van der Waals surface area contributed by atoms with Crippen molar-refractivity contribution < 1.29 is 23.9 Å². The minimum Gasteiger partial charge on any atom is -0.376 e. The zero-order valence-corrected chi connectivity index (χ0v) is 16.5. The third-order valence-electron chi connectivity index (χ3n) is 4.42. The van der Waals surface area contributed by atoms with Crippen molar-refractivity contribution in [2.75, 3.05) is 26.4 Å². The van der Waals surface area contributed by atoms with E-state index in [2.05, 4.69) is 10.6 Å². The van der Waals surface area contributed by atoms with E-state index in [1.165, 1.54) is 0 Å². The lowest BCUT2D eigenvalue weighted by molar-refractivity contribution is -0.130. The second-order valence-electron chi connectivity index (χ2n) is 7.42. The highest BCUT2D eigenvalue weighted by Crippen LogP contribution is 2.27. The fourth-order valence-corrected chi connectivity index (χ4v) is 3.01. The molecule has 0 aliphatic heterocycles. The van der Waals surface area contributed by atoms with E-state index in [1.807, 2.05) is 27.7 Å². The van der Waals surface area contributed by atoms with Gasteiger partial charge in [-0.2, -0.15) is 0 Å². The Kier molecular flexibility index (Phi) is 10.4. The first-order chi connectivity index (χ1) is 12.3. The molecule has 0 aromatic rings. The first-order valence-electron chi connectivity index (χ1n) is 9.58. The van der Waals surface area contributed by atoms with Gasteiger partial charge < -0.3 is 20.1 Å². The summed E-state index contributed by atoms with van der Waals surface area (Å²) in [5, 5.41) is 5.47. The highest BCUT2D eigenvalue weighted by atomic mass is 16.5. The zero-order chi connectivity index (χ0) is 19.5. The summed E-state index contributed by atoms with van der Waals surface area (Å²) in [5.41, 5.74) is 0. The van der Waals surface area contributed by atoms with E-state index in [0.717, 1.165) is 25.7 Å². The molecule has 1 aliphatic carbocycles. The van der Waals surface area contributed by atoms with Gasteiger partial charge in [0.25, 0.3) is 0 Å². The molecule has 0 spiro atoms. The lowest BCUT2D eigenvalue weighted by atomic mass is 9.80. The predicted octanol–water partition coefficient (Wildman–Crippen LogP) is 1.44. The molecule has 0 heterocycles. The van der Waals surface area contributed by atoms with Crippen LogP contribution in [-0.2, 0) is 23.9 Å². The molecule has 0 bridgehead atoms. The normalized spacial score (nSPS) is 20.2. The highest BCUT2D eigenvalue weighted by Gasteiger charge is 2.28. The Balaban J connectivity index is 2.11. The van der Waals surface area contributed by atoms with Crippen molar-refractivity contribution in [1.29, 1.82) is 0 Å². The standard InChI is InChI=1S/C19H34N2O5/c1-13(2)19(24)15-5-7-16(8-6-15)21-17(22)11-20-18(23)12-25-9-10-26-14(3)4/h13-16H,5-12H2,1-4H3,(H,20,23)(H,21,22). The van der Waals surface area contributed by atoms with Crippen molar-refractivity contribution in [1.82, 2.24) is 10.6 Å². The average Bonchev–Trinajstić information content (AvgIpc) is 2.59. The molecule has 1 fully saturated rings. The number of hydrogen-bond acceptors (Lipinski definition) is 5. The fourth-order valence-electron chi connectivity index (χ4n) is 3.01. The Morgan fingerprint density at radius 3 is 2.19 bits per heavy atom. The number of hydrogen-bond donors (Lipinski definition) is 2. The maximum atomic E-state index is 12.0. The van der Waals surface area contributed by atoms with E-state index in [9.17, 15) is 14.4 Å². The third kappa shape index (κ3) is 9.29. The van der Waals surface area contributed by atoms with Crippen LogP contribution in [0.25, 0.3) is 0 Å². The van der Waals surface area contributed by atoms with Gasteiger partial charge in [0, 0.05) is 17.9 Å². The maximum absolute atomic E-state index is 12.0. The van der Waals surface area contributed by atoms with E-state index in [0.29, 0.717) is 19.0 Å². The number of carbonyl (C=O) groups excluding carboxylic acids is 3. The van der Waals surface area contributed by atoms with Crippen molar-refractivity contribution in [3.8, 4) is 0 Å². The number of Topliss-reactive ketones (excluding diaryl/α,β-unsaturated/α-hetero) is 1. The molecule has 0 aromatic heterocycles. The summed E-state index contributed by atoms with van der Waals surface area (Å²) in [7, 11) is 0. The third-order valence-corrected chi connectivity index (χ3v) is 4.42. The van der Waals surface area contributed by atoms with Crippen molar-refractivity contribution in [3.05, 3.63) is 0 Å². The molecular weight excluding hydrogens is 336 g/mol. The topological polar surface area (TPSA) is 93.7 Å². The molecule has 7 heteroatoms. The summed E-state index contributed by atoms with van der Waals surface area (Å²) in [4.78, 5) is 35.6. The number of amides is 2. The van der Waals surface area contributed by atoms with Gasteiger partial charge in [0.05, 0.1) is 25.9 Å². The van der Waals surface area contributed by atoms with Crippen LogP contribution in [0.1, 0.15) is 53.4 Å². The summed E-state index contributed by atoms with van der Waals surface area (Å²) in [6.45, 7) is 8.36. The van der Waals surface area contributed by atoms with Crippen LogP contribution < -0.4 is 10.6 Å². The van der Waals surface area contributed by atoms with E-state index < -0.39 is 0 Å². The van der Waals surface area contributed by atoms with Crippen LogP contribution >= 0.6 is 0 Å². The van der Waals surface area contributed by atoms with Gasteiger partial charge in [-0.3, -0.25) is 14.4 Å². The molecule has 0 saturated heterocycles. The van der Waals surface area contributed by atoms with E-state index in [1.54, 1.807) is 0 Å². The summed E-state index contributed by atoms with van der Waals surface area (Å²) < 4.78 is 10.5. The van der Waals surface area contributed by atoms with Gasteiger partial charge in [0.15, 0.2) is 0 Å². The van der Waals surface area contributed by atoms with Crippen molar-refractivity contribution in [2.45, 2.75) is 65.5 Å². The van der Waals surface area contributed by atoms with Crippen LogP contribution in [0.5, 0.6) is 0 Å². The van der Waals surface area contributed by atoms with Gasteiger partial charge in [-0.15, -0.1) is 0 Å². The smallest absolute Gasteiger partial charge is 0.246 e. The molecule has 150 valence electrons. The van der Waals surface area contributed by atoms with Gasteiger partial charge in [-0.05, 0) is 39.5 Å². The molecule has 0 radical (unpaired) electrons. The molecule has 0 unspecified atom stereocenters. The first kappa shape index (κ1) is 22.6. The minimum absolute atomic E-state index is 0.0600. The highest BCUT2D eigenvalue weighted by molar-refractivity contribution is 5.85. The monoisotopic (exact) mass is 370 g/mol. The fraction of sp³-hybridized carbons (Fsp3) is 0.842. The summed E-state index contributed by atoms with van der Waals surface area (Å²) in [6.07, 6.45) is 3.39. The second-order valence-corrected chi connectivity index (χ2v) is 7.42. The van der Waals surface area contributed by atoms with E-state index in [4.69, 9.17) is 9.47 Å². The van der Waals surface area contributed by atoms with Crippen LogP contribution in [0.3, 0.4) is 0 Å². The zero-order valence-electron chi connectivity index (χ0n) is 16.5. The van der Waals surface area contributed by atoms with Crippen LogP contribution in [0.4, 0.5) is 0 Å². The molecule has 1 aliphatic rings. The lowest BCUT2D eigenvalue weighted by Crippen LogP contribution is -2.44. The SMILES string of the molecule is CC(C)OCCOCC(=O)NCC(=O)NC1CCC(C(=O)C(C)C)CC1. The molecule has 0 atom stereocenters. The number of rotatable bonds is 11. The predicted molar refractivity (Wildman–Crippen MR) is 98.7 cm³/mol. The Labute approximate surface area is 156 Å². The minimum atomic E-state index is -0.323. The molecule has 2 amide bonds. The van der Waals surface area contributed by atoms with E-state index in [-0.39, 0.29) is 48.9 Å². The number of carbonyl (C=O) groups is 3. The van der Waals surface area contributed by atoms with Gasteiger partial charge in [-0.1, -0.05) is 13.8 Å². The second kappa shape index (κ2) is 12.0. The van der Waals surface area contributed by atoms with Gasteiger partial charge in [0.1, 0.15) is 12.4 Å². The molecule has 0 aromatic carbocycles. The molecule has 26 heavy (non-hydrogen) atoms. The Bertz CT molecular complexity index is 457. The molecular formula is C19H34N2O5. The summed E-state index contributed by atoms with van der Waals surface area (Å²) in [6, 6.07) is 0.0834.